The number of amides is 1. The Kier molecular flexibility index (Phi) is 6.33. The van der Waals surface area contributed by atoms with Gasteiger partial charge in [0.05, 0.1) is 40.5 Å². The van der Waals surface area contributed by atoms with E-state index < -0.39 is 10.0 Å². The maximum absolute atomic E-state index is 12.8. The van der Waals surface area contributed by atoms with Crippen LogP contribution in [-0.2, 0) is 21.2 Å². The lowest BCUT2D eigenvalue weighted by atomic mass is 10.1. The number of hydrogen-bond acceptors (Lipinski definition) is 6. The molecule has 0 aliphatic rings. The molecule has 3 aromatic rings. The van der Waals surface area contributed by atoms with Crippen molar-refractivity contribution in [2.24, 2.45) is 0 Å². The van der Waals surface area contributed by atoms with E-state index in [4.69, 9.17) is 20.9 Å². The van der Waals surface area contributed by atoms with Crippen molar-refractivity contribution in [1.82, 2.24) is 5.16 Å². The molecule has 8 nitrogen and oxygen atoms in total. The minimum absolute atomic E-state index is 0.0270. The van der Waals surface area contributed by atoms with Crippen LogP contribution in [0, 0.1) is 13.8 Å². The molecule has 1 amide bonds. The fraction of sp³-hybridized carbons (Fsp3) is 0.200. The van der Waals surface area contributed by atoms with Crippen LogP contribution in [0.15, 0.2) is 51.9 Å². The third-order valence-corrected chi connectivity index (χ3v) is 6.08. The summed E-state index contributed by atoms with van der Waals surface area (Å²) in [4.78, 5) is 12.5. The minimum Gasteiger partial charge on any atom is -0.495 e. The molecule has 10 heteroatoms. The molecule has 158 valence electrons. The summed E-state index contributed by atoms with van der Waals surface area (Å²) < 4.78 is 38.3. The van der Waals surface area contributed by atoms with Gasteiger partial charge >= 0.3 is 0 Å². The summed E-state index contributed by atoms with van der Waals surface area (Å²) in [7, 11) is -2.52. The molecule has 30 heavy (non-hydrogen) atoms. The van der Waals surface area contributed by atoms with E-state index in [0.717, 1.165) is 0 Å². The first kappa shape index (κ1) is 21.7. The number of nitrogens with one attached hydrogen (secondary N) is 2. The lowest BCUT2D eigenvalue weighted by molar-refractivity contribution is -0.115. The zero-order valence-corrected chi connectivity index (χ0v) is 18.1. The van der Waals surface area contributed by atoms with Crippen molar-refractivity contribution in [3.63, 3.8) is 0 Å². The zero-order chi connectivity index (χ0) is 21.9. The molecule has 0 saturated carbocycles. The second kappa shape index (κ2) is 8.76. The highest BCUT2D eigenvalue weighted by Crippen LogP contribution is 2.30. The van der Waals surface area contributed by atoms with E-state index in [1.54, 1.807) is 38.1 Å². The van der Waals surface area contributed by atoms with Crippen molar-refractivity contribution in [3.8, 4) is 5.75 Å². The number of para-hydroxylation sites is 1. The topological polar surface area (TPSA) is 111 Å². The van der Waals surface area contributed by atoms with Gasteiger partial charge in [-0.3, -0.25) is 9.52 Å². The Balaban J connectivity index is 1.86. The maximum Gasteiger partial charge on any atom is 0.262 e. The molecule has 0 aliphatic heterocycles. The summed E-state index contributed by atoms with van der Waals surface area (Å²) in [5, 5.41) is 6.78. The van der Waals surface area contributed by atoms with Gasteiger partial charge in [-0.1, -0.05) is 28.9 Å². The molecule has 0 atom stereocenters. The zero-order valence-electron chi connectivity index (χ0n) is 16.5. The average molecular weight is 450 g/mol. The van der Waals surface area contributed by atoms with Gasteiger partial charge in [0.1, 0.15) is 11.5 Å². The van der Waals surface area contributed by atoms with E-state index in [0.29, 0.717) is 22.8 Å². The second-order valence-electron chi connectivity index (χ2n) is 6.48. The lowest BCUT2D eigenvalue weighted by Crippen LogP contribution is -2.17. The fourth-order valence-electron chi connectivity index (χ4n) is 2.81. The summed E-state index contributed by atoms with van der Waals surface area (Å²) >= 11 is 6.04. The van der Waals surface area contributed by atoms with Crippen molar-refractivity contribution in [1.29, 1.82) is 0 Å². The summed E-state index contributed by atoms with van der Waals surface area (Å²) in [6, 6.07) is 10.7. The molecule has 0 unspecified atom stereocenters. The van der Waals surface area contributed by atoms with Crippen molar-refractivity contribution in [2.45, 2.75) is 25.2 Å². The number of sulfonamides is 1. The smallest absolute Gasteiger partial charge is 0.262 e. The Morgan fingerprint density at radius 1 is 1.17 bits per heavy atom. The number of nitrogens with zero attached hydrogens (tertiary/aromatic N) is 1. The Morgan fingerprint density at radius 3 is 2.53 bits per heavy atom. The Labute approximate surface area is 179 Å². The van der Waals surface area contributed by atoms with Crippen LogP contribution in [0.2, 0.25) is 5.02 Å². The van der Waals surface area contributed by atoms with E-state index in [2.05, 4.69) is 15.2 Å². The number of rotatable bonds is 7. The number of aryl methyl sites for hydroxylation is 2. The quantitative estimate of drug-likeness (QED) is 0.565. The Morgan fingerprint density at radius 2 is 1.90 bits per heavy atom. The molecule has 1 aromatic heterocycles. The number of carbonyl (C=O) groups excluding carboxylic acids is 1. The third kappa shape index (κ3) is 4.74. The summed E-state index contributed by atoms with van der Waals surface area (Å²) in [6.45, 7) is 3.46. The number of benzene rings is 2. The van der Waals surface area contributed by atoms with E-state index in [-0.39, 0.29) is 33.6 Å². The number of halogens is 1. The SMILES string of the molecule is COc1ccc(S(=O)(=O)Nc2ccccc2Cl)cc1NC(=O)Cc1c(C)noc1C. The maximum atomic E-state index is 12.8. The van der Waals surface area contributed by atoms with Gasteiger partial charge in [0.15, 0.2) is 0 Å². The summed E-state index contributed by atoms with van der Waals surface area (Å²) in [5.41, 5.74) is 1.76. The van der Waals surface area contributed by atoms with Gasteiger partial charge in [0, 0.05) is 5.56 Å². The third-order valence-electron chi connectivity index (χ3n) is 4.39. The largest absolute Gasteiger partial charge is 0.495 e. The molecule has 0 bridgehead atoms. The van der Waals surface area contributed by atoms with E-state index in [1.807, 2.05) is 0 Å². The average Bonchev–Trinajstić information content (AvgIpc) is 3.01. The number of aromatic nitrogens is 1. The van der Waals surface area contributed by atoms with Crippen LogP contribution >= 0.6 is 11.6 Å². The van der Waals surface area contributed by atoms with Gasteiger partial charge < -0.3 is 14.6 Å². The molecule has 0 fully saturated rings. The molecule has 0 spiro atoms. The Hall–Kier alpha value is -3.04. The number of hydrogen-bond donors (Lipinski definition) is 2. The normalized spacial score (nSPS) is 11.2. The summed E-state index contributed by atoms with van der Waals surface area (Å²) in [5.74, 6) is 0.505. The molecule has 0 radical (unpaired) electrons. The first-order chi connectivity index (χ1) is 14.2. The van der Waals surface area contributed by atoms with Crippen LogP contribution in [0.4, 0.5) is 11.4 Å². The molecular formula is C20H20ClN3O5S. The predicted molar refractivity (Wildman–Crippen MR) is 114 cm³/mol. The van der Waals surface area contributed by atoms with Crippen molar-refractivity contribution >= 4 is 38.9 Å². The van der Waals surface area contributed by atoms with E-state index in [9.17, 15) is 13.2 Å². The molecule has 3 rings (SSSR count). The van der Waals surface area contributed by atoms with Gasteiger partial charge in [0.2, 0.25) is 5.91 Å². The van der Waals surface area contributed by atoms with E-state index >= 15 is 0 Å². The highest BCUT2D eigenvalue weighted by atomic mass is 35.5. The number of carbonyl (C=O) groups is 1. The van der Waals surface area contributed by atoms with Gasteiger partial charge in [-0.2, -0.15) is 0 Å². The van der Waals surface area contributed by atoms with Gasteiger partial charge in [0.25, 0.3) is 10.0 Å². The van der Waals surface area contributed by atoms with Crippen LogP contribution in [0.1, 0.15) is 17.0 Å². The van der Waals surface area contributed by atoms with Crippen LogP contribution in [-0.4, -0.2) is 26.6 Å². The van der Waals surface area contributed by atoms with Crippen LogP contribution in [0.25, 0.3) is 0 Å². The molecule has 1 heterocycles. The van der Waals surface area contributed by atoms with Gasteiger partial charge in [-0.15, -0.1) is 0 Å². The molecule has 2 N–H and O–H groups in total. The van der Waals surface area contributed by atoms with Gasteiger partial charge in [-0.05, 0) is 44.2 Å². The van der Waals surface area contributed by atoms with Crippen LogP contribution < -0.4 is 14.8 Å². The first-order valence-electron chi connectivity index (χ1n) is 8.88. The minimum atomic E-state index is -3.95. The molecule has 0 saturated heterocycles. The lowest BCUT2D eigenvalue weighted by Gasteiger charge is -2.14. The molecular weight excluding hydrogens is 430 g/mol. The van der Waals surface area contributed by atoms with Crippen molar-refractivity contribution in [2.75, 3.05) is 17.1 Å². The molecule has 0 aliphatic carbocycles. The monoisotopic (exact) mass is 449 g/mol. The predicted octanol–water partition coefficient (Wildman–Crippen LogP) is 3.94. The van der Waals surface area contributed by atoms with E-state index in [1.165, 1.54) is 25.3 Å². The van der Waals surface area contributed by atoms with Crippen LogP contribution in [0.3, 0.4) is 0 Å². The number of ether oxygens (including phenoxy) is 1. The second-order valence-corrected chi connectivity index (χ2v) is 8.56. The fourth-order valence-corrected chi connectivity index (χ4v) is 4.15. The standard InChI is InChI=1S/C20H20ClN3O5S/c1-12-15(13(2)29-23-12)11-20(25)22-18-10-14(8-9-19(18)28-3)30(26,27)24-17-7-5-4-6-16(17)21/h4-10,24H,11H2,1-3H3,(H,22,25). The van der Waals surface area contributed by atoms with Crippen molar-refractivity contribution in [3.05, 3.63) is 64.5 Å². The molecule has 2 aromatic carbocycles. The van der Waals surface area contributed by atoms with Crippen molar-refractivity contribution < 1.29 is 22.5 Å². The first-order valence-corrected chi connectivity index (χ1v) is 10.7. The highest BCUT2D eigenvalue weighted by Gasteiger charge is 2.20. The van der Waals surface area contributed by atoms with Crippen LogP contribution in [0.5, 0.6) is 5.75 Å². The number of methoxy groups -OCH3 is 1. The Bertz CT molecular complexity index is 1170. The number of anilines is 2. The summed E-state index contributed by atoms with van der Waals surface area (Å²) in [6.07, 6.45) is 0.0270. The highest BCUT2D eigenvalue weighted by molar-refractivity contribution is 7.92. The van der Waals surface area contributed by atoms with Gasteiger partial charge in [-0.25, -0.2) is 8.42 Å².